The fourth-order valence-electron chi connectivity index (χ4n) is 1.64. The maximum Gasteiger partial charge on any atom is 0.417 e. The maximum absolute atomic E-state index is 11.8. The zero-order valence-electron chi connectivity index (χ0n) is 10.8. The molecule has 0 radical (unpaired) electrons. The molecule has 0 aliphatic carbocycles. The molecule has 1 aromatic carbocycles. The van der Waals surface area contributed by atoms with Gasteiger partial charge in [0.05, 0.1) is 11.6 Å². The average molecular weight is 318 g/mol. The van der Waals surface area contributed by atoms with Crippen LogP contribution in [-0.4, -0.2) is 28.9 Å². The number of nitrogens with one attached hydrogen (secondary N) is 2. The Hall–Kier alpha value is -1.44. The molecule has 1 aromatic heterocycles. The molecule has 2 rings (SSSR count). The molecular weight excluding hydrogens is 302 g/mol. The Bertz CT molecular complexity index is 640. The lowest BCUT2D eigenvalue weighted by molar-refractivity contribution is -0.117. The number of hydrogen-bond acceptors (Lipinski definition) is 5. The molecule has 0 spiro atoms. The summed E-state index contributed by atoms with van der Waals surface area (Å²) in [5.74, 6) is 0.0808. The lowest BCUT2D eigenvalue weighted by Gasteiger charge is -2.11. The van der Waals surface area contributed by atoms with E-state index in [0.717, 1.165) is 5.75 Å². The van der Waals surface area contributed by atoms with Crippen LogP contribution in [0.25, 0.3) is 11.1 Å². The van der Waals surface area contributed by atoms with Gasteiger partial charge in [-0.2, -0.15) is 11.8 Å². The van der Waals surface area contributed by atoms with E-state index in [0.29, 0.717) is 23.2 Å². The van der Waals surface area contributed by atoms with Crippen LogP contribution in [0.15, 0.2) is 27.4 Å². The van der Waals surface area contributed by atoms with E-state index in [-0.39, 0.29) is 18.3 Å². The number of aromatic nitrogens is 1. The van der Waals surface area contributed by atoms with E-state index < -0.39 is 11.8 Å². The highest BCUT2D eigenvalue weighted by Gasteiger charge is 2.13. The molecule has 110 valence electrons. The van der Waals surface area contributed by atoms with E-state index in [2.05, 4.69) is 10.3 Å². The number of aromatic amines is 1. The topological polar surface area (TPSA) is 101 Å². The second kappa shape index (κ2) is 7.37. The van der Waals surface area contributed by atoms with Gasteiger partial charge in [-0.3, -0.25) is 9.78 Å². The van der Waals surface area contributed by atoms with Crippen LogP contribution in [0.1, 0.15) is 6.42 Å². The van der Waals surface area contributed by atoms with Crippen LogP contribution < -0.4 is 16.8 Å². The van der Waals surface area contributed by atoms with Gasteiger partial charge in [-0.1, -0.05) is 0 Å². The number of anilines is 1. The van der Waals surface area contributed by atoms with Crippen molar-refractivity contribution in [3.8, 4) is 0 Å². The van der Waals surface area contributed by atoms with E-state index in [1.54, 1.807) is 30.0 Å². The number of amides is 1. The summed E-state index contributed by atoms with van der Waals surface area (Å²) in [6.45, 7) is 0. The number of benzene rings is 1. The largest absolute Gasteiger partial charge is 0.417 e. The van der Waals surface area contributed by atoms with E-state index in [4.69, 9.17) is 10.2 Å². The molecule has 6 nitrogen and oxygen atoms in total. The Morgan fingerprint density at radius 3 is 3.00 bits per heavy atom. The van der Waals surface area contributed by atoms with Crippen molar-refractivity contribution in [1.29, 1.82) is 0 Å². The fraction of sp³-hybridized carbons (Fsp3) is 0.333. The van der Waals surface area contributed by atoms with Crippen LogP contribution in [0.3, 0.4) is 0 Å². The first-order chi connectivity index (χ1) is 9.10. The average Bonchev–Trinajstić information content (AvgIpc) is 2.75. The van der Waals surface area contributed by atoms with Gasteiger partial charge in [0.25, 0.3) is 0 Å². The van der Waals surface area contributed by atoms with Crippen molar-refractivity contribution >= 4 is 46.9 Å². The number of nitrogens with two attached hydrogens (primary N) is 1. The number of halogens is 1. The van der Waals surface area contributed by atoms with Gasteiger partial charge in [-0.15, -0.1) is 12.4 Å². The third-order valence-corrected chi connectivity index (χ3v) is 3.30. The van der Waals surface area contributed by atoms with Crippen LogP contribution in [0.5, 0.6) is 0 Å². The lowest BCUT2D eigenvalue weighted by atomic mass is 10.2. The summed E-state index contributed by atoms with van der Waals surface area (Å²) in [4.78, 5) is 25.4. The van der Waals surface area contributed by atoms with Crippen molar-refractivity contribution in [3.63, 3.8) is 0 Å². The van der Waals surface area contributed by atoms with E-state index in [1.807, 2.05) is 6.26 Å². The Balaban J connectivity index is 0.00000200. The summed E-state index contributed by atoms with van der Waals surface area (Å²) in [5, 5.41) is 2.72. The third kappa shape index (κ3) is 4.03. The molecule has 0 saturated carbocycles. The number of hydrogen-bond donors (Lipinski definition) is 3. The Labute approximate surface area is 125 Å². The van der Waals surface area contributed by atoms with Crippen molar-refractivity contribution in [3.05, 3.63) is 28.7 Å². The Kier molecular flexibility index (Phi) is 6.12. The standard InChI is InChI=1S/C12H15N3O3S.ClH/c1-19-5-4-8(13)11(16)14-7-2-3-10-9(6-7)15-12(17)18-10;/h2-3,6,8H,4-5,13H2,1H3,(H,14,16)(H,15,17);1H/t8-;/m0./s1. The molecule has 0 saturated heterocycles. The summed E-state index contributed by atoms with van der Waals surface area (Å²) in [6.07, 6.45) is 2.59. The highest BCUT2D eigenvalue weighted by atomic mass is 35.5. The van der Waals surface area contributed by atoms with Crippen LogP contribution in [-0.2, 0) is 4.79 Å². The van der Waals surface area contributed by atoms with Crippen molar-refractivity contribution in [2.45, 2.75) is 12.5 Å². The van der Waals surface area contributed by atoms with Crippen LogP contribution in [0, 0.1) is 0 Å². The predicted octanol–water partition coefficient (Wildman–Crippen LogP) is 1.56. The maximum atomic E-state index is 11.8. The predicted molar refractivity (Wildman–Crippen MR) is 83.7 cm³/mol. The molecular formula is C12H16ClN3O3S. The van der Waals surface area contributed by atoms with Gasteiger partial charge in [-0.25, -0.2) is 4.79 Å². The van der Waals surface area contributed by atoms with E-state index in [9.17, 15) is 9.59 Å². The first kappa shape index (κ1) is 16.6. The van der Waals surface area contributed by atoms with Gasteiger partial charge in [0.15, 0.2) is 5.58 Å². The molecule has 0 aliphatic rings. The van der Waals surface area contributed by atoms with Gasteiger partial charge in [0, 0.05) is 5.69 Å². The van der Waals surface area contributed by atoms with Crippen LogP contribution >= 0.6 is 24.2 Å². The molecule has 20 heavy (non-hydrogen) atoms. The molecule has 1 atom stereocenters. The van der Waals surface area contributed by atoms with Gasteiger partial charge in [0.1, 0.15) is 0 Å². The molecule has 1 heterocycles. The first-order valence-electron chi connectivity index (χ1n) is 5.78. The van der Waals surface area contributed by atoms with Crippen molar-refractivity contribution in [2.75, 3.05) is 17.3 Å². The number of fused-ring (bicyclic) bond motifs is 1. The van der Waals surface area contributed by atoms with Gasteiger partial charge in [-0.05, 0) is 36.6 Å². The highest BCUT2D eigenvalue weighted by Crippen LogP contribution is 2.16. The minimum Gasteiger partial charge on any atom is -0.408 e. The molecule has 0 fully saturated rings. The Morgan fingerprint density at radius 1 is 1.55 bits per heavy atom. The second-order valence-electron chi connectivity index (χ2n) is 4.10. The number of carbonyl (C=O) groups is 1. The fourth-order valence-corrected chi connectivity index (χ4v) is 2.13. The smallest absolute Gasteiger partial charge is 0.408 e. The zero-order valence-corrected chi connectivity index (χ0v) is 12.5. The SMILES string of the molecule is CSCC[C@H](N)C(=O)Nc1ccc2oc(=O)[nH]c2c1.Cl. The van der Waals surface area contributed by atoms with Crippen molar-refractivity contribution in [2.24, 2.45) is 5.73 Å². The summed E-state index contributed by atoms with van der Waals surface area (Å²) < 4.78 is 4.88. The minimum atomic E-state index is -0.536. The van der Waals surface area contributed by atoms with Crippen LogP contribution in [0.2, 0.25) is 0 Å². The molecule has 2 aromatic rings. The number of carbonyl (C=O) groups excluding carboxylic acids is 1. The van der Waals surface area contributed by atoms with Crippen molar-refractivity contribution < 1.29 is 9.21 Å². The Morgan fingerprint density at radius 2 is 2.30 bits per heavy atom. The van der Waals surface area contributed by atoms with Gasteiger partial charge in [0.2, 0.25) is 5.91 Å². The molecule has 0 bridgehead atoms. The van der Waals surface area contributed by atoms with E-state index in [1.165, 1.54) is 0 Å². The molecule has 8 heteroatoms. The number of thioether (sulfide) groups is 1. The number of H-pyrrole nitrogens is 1. The molecule has 0 aliphatic heterocycles. The summed E-state index contributed by atoms with van der Waals surface area (Å²) in [5.41, 5.74) is 7.34. The van der Waals surface area contributed by atoms with Crippen molar-refractivity contribution in [1.82, 2.24) is 4.98 Å². The summed E-state index contributed by atoms with van der Waals surface area (Å²) in [6, 6.07) is 4.39. The molecule has 4 N–H and O–H groups in total. The minimum absolute atomic E-state index is 0. The second-order valence-corrected chi connectivity index (χ2v) is 5.09. The molecule has 1 amide bonds. The van der Waals surface area contributed by atoms with Gasteiger partial charge < -0.3 is 15.5 Å². The third-order valence-electron chi connectivity index (χ3n) is 2.66. The summed E-state index contributed by atoms with van der Waals surface area (Å²) >= 11 is 1.65. The first-order valence-corrected chi connectivity index (χ1v) is 7.18. The van der Waals surface area contributed by atoms with Crippen LogP contribution in [0.4, 0.5) is 5.69 Å². The zero-order chi connectivity index (χ0) is 13.8. The normalized spacial score (nSPS) is 11.9. The summed E-state index contributed by atoms with van der Waals surface area (Å²) in [7, 11) is 0. The highest BCUT2D eigenvalue weighted by molar-refractivity contribution is 7.98. The lowest BCUT2D eigenvalue weighted by Crippen LogP contribution is -2.36. The van der Waals surface area contributed by atoms with Gasteiger partial charge >= 0.3 is 5.76 Å². The number of oxazole rings is 1. The number of rotatable bonds is 5. The monoisotopic (exact) mass is 317 g/mol. The van der Waals surface area contributed by atoms with E-state index >= 15 is 0 Å². The molecule has 0 unspecified atom stereocenters. The quantitative estimate of drug-likeness (QED) is 0.777.